The Bertz CT molecular complexity index is 513. The third-order valence-electron chi connectivity index (χ3n) is 2.75. The molecule has 0 bridgehead atoms. The number of carbonyl (C=O) groups is 1. The van der Waals surface area contributed by atoms with Crippen molar-refractivity contribution in [2.24, 2.45) is 4.99 Å². The molecular formula is C14H15ClN2OS. The number of halogens is 1. The SMILES string of the molecule is C=CCN1C(=O)C(CC)SC1=Nc1ccc(Cl)cc1. The van der Waals surface area contributed by atoms with Gasteiger partial charge in [-0.25, -0.2) is 4.99 Å². The summed E-state index contributed by atoms with van der Waals surface area (Å²) in [5, 5.41) is 1.37. The van der Waals surface area contributed by atoms with Crippen molar-refractivity contribution in [1.82, 2.24) is 4.90 Å². The average Bonchev–Trinajstić information content (AvgIpc) is 2.70. The number of amidine groups is 1. The molecule has 1 atom stereocenters. The summed E-state index contributed by atoms with van der Waals surface area (Å²) >= 11 is 7.36. The number of rotatable bonds is 4. The molecule has 1 aliphatic rings. The van der Waals surface area contributed by atoms with E-state index >= 15 is 0 Å². The van der Waals surface area contributed by atoms with Crippen molar-refractivity contribution in [3.63, 3.8) is 0 Å². The van der Waals surface area contributed by atoms with Gasteiger partial charge < -0.3 is 0 Å². The minimum atomic E-state index is -0.0361. The highest BCUT2D eigenvalue weighted by atomic mass is 35.5. The predicted molar refractivity (Wildman–Crippen MR) is 82.1 cm³/mol. The van der Waals surface area contributed by atoms with Crippen molar-refractivity contribution in [1.29, 1.82) is 0 Å². The van der Waals surface area contributed by atoms with Crippen LogP contribution in [0.2, 0.25) is 5.02 Å². The number of hydrogen-bond donors (Lipinski definition) is 0. The van der Waals surface area contributed by atoms with Gasteiger partial charge in [0, 0.05) is 11.6 Å². The average molecular weight is 295 g/mol. The molecule has 2 rings (SSSR count). The molecule has 1 unspecified atom stereocenters. The minimum absolute atomic E-state index is 0.0361. The highest BCUT2D eigenvalue weighted by Crippen LogP contribution is 2.31. The first-order valence-corrected chi connectivity index (χ1v) is 7.34. The fourth-order valence-corrected chi connectivity index (χ4v) is 3.00. The number of aliphatic imine (C=N–C) groups is 1. The Morgan fingerprint density at radius 2 is 2.16 bits per heavy atom. The van der Waals surface area contributed by atoms with E-state index in [1.807, 2.05) is 19.1 Å². The van der Waals surface area contributed by atoms with Crippen LogP contribution in [-0.4, -0.2) is 27.8 Å². The summed E-state index contributed by atoms with van der Waals surface area (Å²) in [5.74, 6) is 0.111. The first-order chi connectivity index (χ1) is 9.15. The highest BCUT2D eigenvalue weighted by Gasteiger charge is 2.35. The van der Waals surface area contributed by atoms with E-state index in [1.54, 1.807) is 23.1 Å². The zero-order chi connectivity index (χ0) is 13.8. The van der Waals surface area contributed by atoms with E-state index in [4.69, 9.17) is 11.6 Å². The maximum atomic E-state index is 12.1. The zero-order valence-corrected chi connectivity index (χ0v) is 12.2. The summed E-state index contributed by atoms with van der Waals surface area (Å²) in [7, 11) is 0. The van der Waals surface area contributed by atoms with Crippen LogP contribution in [0.1, 0.15) is 13.3 Å². The Hall–Kier alpha value is -1.26. The Balaban J connectivity index is 2.28. The smallest absolute Gasteiger partial charge is 0.242 e. The molecule has 0 aliphatic carbocycles. The molecule has 1 aromatic carbocycles. The molecule has 3 nitrogen and oxygen atoms in total. The normalized spacial score (nSPS) is 21.2. The van der Waals surface area contributed by atoms with Gasteiger partial charge in [-0.05, 0) is 30.7 Å². The molecule has 1 fully saturated rings. The van der Waals surface area contributed by atoms with Gasteiger partial charge in [-0.2, -0.15) is 0 Å². The number of thioether (sulfide) groups is 1. The number of carbonyl (C=O) groups excluding carboxylic acids is 1. The third kappa shape index (κ3) is 3.19. The lowest BCUT2D eigenvalue weighted by Gasteiger charge is -2.13. The van der Waals surface area contributed by atoms with Crippen LogP contribution in [0.4, 0.5) is 5.69 Å². The molecule has 1 saturated heterocycles. The summed E-state index contributed by atoms with van der Waals surface area (Å²) < 4.78 is 0. The second-order valence-corrected chi connectivity index (χ2v) is 5.73. The second-order valence-electron chi connectivity index (χ2n) is 4.12. The van der Waals surface area contributed by atoms with Gasteiger partial charge in [0.15, 0.2) is 5.17 Å². The van der Waals surface area contributed by atoms with E-state index in [2.05, 4.69) is 11.6 Å². The molecule has 19 heavy (non-hydrogen) atoms. The van der Waals surface area contributed by atoms with Crippen LogP contribution < -0.4 is 0 Å². The third-order valence-corrected chi connectivity index (χ3v) is 4.35. The van der Waals surface area contributed by atoms with Crippen LogP contribution in [0.3, 0.4) is 0 Å². The molecule has 1 aliphatic heterocycles. The molecule has 100 valence electrons. The van der Waals surface area contributed by atoms with E-state index in [1.165, 1.54) is 11.8 Å². The van der Waals surface area contributed by atoms with Gasteiger partial charge in [-0.1, -0.05) is 36.4 Å². The van der Waals surface area contributed by atoms with Crippen molar-refractivity contribution in [2.45, 2.75) is 18.6 Å². The molecule has 1 heterocycles. The number of amides is 1. The van der Waals surface area contributed by atoms with Crippen molar-refractivity contribution < 1.29 is 4.79 Å². The van der Waals surface area contributed by atoms with Crippen LogP contribution >= 0.6 is 23.4 Å². The number of benzene rings is 1. The Morgan fingerprint density at radius 3 is 2.74 bits per heavy atom. The van der Waals surface area contributed by atoms with Crippen LogP contribution in [0.15, 0.2) is 41.9 Å². The molecule has 1 aromatic rings. The van der Waals surface area contributed by atoms with Crippen LogP contribution in [0.25, 0.3) is 0 Å². The van der Waals surface area contributed by atoms with Crippen molar-refractivity contribution in [3.05, 3.63) is 41.9 Å². The maximum Gasteiger partial charge on any atom is 0.242 e. The fourth-order valence-electron chi connectivity index (χ4n) is 1.78. The lowest BCUT2D eigenvalue weighted by atomic mass is 10.3. The summed E-state index contributed by atoms with van der Waals surface area (Å²) in [6.07, 6.45) is 2.52. The Kier molecular flexibility index (Phi) is 4.66. The highest BCUT2D eigenvalue weighted by molar-refractivity contribution is 8.15. The van der Waals surface area contributed by atoms with Gasteiger partial charge in [-0.15, -0.1) is 6.58 Å². The summed E-state index contributed by atoms with van der Waals surface area (Å²) in [6, 6.07) is 7.26. The van der Waals surface area contributed by atoms with Crippen LogP contribution in [0, 0.1) is 0 Å². The first-order valence-electron chi connectivity index (χ1n) is 6.09. The monoisotopic (exact) mass is 294 g/mol. The fraction of sp³-hybridized carbons (Fsp3) is 0.286. The molecule has 0 N–H and O–H groups in total. The number of nitrogens with zero attached hydrogens (tertiary/aromatic N) is 2. The largest absolute Gasteiger partial charge is 0.286 e. The van der Waals surface area contributed by atoms with Crippen molar-refractivity contribution >= 4 is 40.1 Å². The quantitative estimate of drug-likeness (QED) is 0.790. The van der Waals surface area contributed by atoms with Crippen LogP contribution in [-0.2, 0) is 4.79 Å². The first kappa shape index (κ1) is 14.2. The van der Waals surface area contributed by atoms with Gasteiger partial charge >= 0.3 is 0 Å². The van der Waals surface area contributed by atoms with Gasteiger partial charge in [0.1, 0.15) is 0 Å². The Labute approximate surface area is 122 Å². The topological polar surface area (TPSA) is 32.7 Å². The molecule has 0 aromatic heterocycles. The molecular weight excluding hydrogens is 280 g/mol. The zero-order valence-electron chi connectivity index (χ0n) is 10.7. The Morgan fingerprint density at radius 1 is 1.47 bits per heavy atom. The minimum Gasteiger partial charge on any atom is -0.286 e. The molecule has 1 amide bonds. The van der Waals surface area contributed by atoms with E-state index < -0.39 is 0 Å². The molecule has 0 spiro atoms. The molecule has 0 radical (unpaired) electrons. The summed E-state index contributed by atoms with van der Waals surface area (Å²) in [5.41, 5.74) is 0.797. The number of hydrogen-bond acceptors (Lipinski definition) is 3. The van der Waals surface area contributed by atoms with E-state index in [9.17, 15) is 4.79 Å². The van der Waals surface area contributed by atoms with E-state index in [0.717, 1.165) is 17.3 Å². The molecule has 5 heteroatoms. The lowest BCUT2D eigenvalue weighted by Crippen LogP contribution is -2.31. The predicted octanol–water partition coefficient (Wildman–Crippen LogP) is 3.87. The van der Waals surface area contributed by atoms with Crippen molar-refractivity contribution in [2.75, 3.05) is 6.54 Å². The summed E-state index contributed by atoms with van der Waals surface area (Å²) in [4.78, 5) is 18.3. The van der Waals surface area contributed by atoms with Gasteiger partial charge in [0.2, 0.25) is 5.91 Å². The van der Waals surface area contributed by atoms with E-state index in [-0.39, 0.29) is 11.2 Å². The standard InChI is InChI=1S/C14H15ClN2OS/c1-3-9-17-13(18)12(4-2)19-14(17)16-11-7-5-10(15)6-8-11/h3,5-8,12H,1,4,9H2,2H3. The lowest BCUT2D eigenvalue weighted by molar-refractivity contribution is -0.125. The van der Waals surface area contributed by atoms with E-state index in [0.29, 0.717) is 11.6 Å². The maximum absolute atomic E-state index is 12.1. The second kappa shape index (κ2) is 6.26. The summed E-state index contributed by atoms with van der Waals surface area (Å²) in [6.45, 7) is 6.19. The molecule has 0 saturated carbocycles. The van der Waals surface area contributed by atoms with Gasteiger partial charge in [0.25, 0.3) is 0 Å². The van der Waals surface area contributed by atoms with Gasteiger partial charge in [-0.3, -0.25) is 9.69 Å². The van der Waals surface area contributed by atoms with Crippen molar-refractivity contribution in [3.8, 4) is 0 Å². The van der Waals surface area contributed by atoms with Crippen LogP contribution in [0.5, 0.6) is 0 Å². The van der Waals surface area contributed by atoms with Gasteiger partial charge in [0.05, 0.1) is 10.9 Å².